The second-order valence-electron chi connectivity index (χ2n) is 9.93. The number of ether oxygens (including phenoxy) is 1. The molecule has 0 spiro atoms. The highest BCUT2D eigenvalue weighted by Gasteiger charge is 2.27. The zero-order valence-electron chi connectivity index (χ0n) is 21.0. The van der Waals surface area contributed by atoms with E-state index in [4.69, 9.17) is 33.7 Å². The van der Waals surface area contributed by atoms with Gasteiger partial charge in [-0.05, 0) is 69.9 Å². The number of hydrogen-bond donors (Lipinski definition) is 1. The molecule has 5 rings (SSSR count). The summed E-state index contributed by atoms with van der Waals surface area (Å²) in [5, 5.41) is 0.219. The molecule has 0 amide bonds. The second-order valence-corrected chi connectivity index (χ2v) is 10.7. The Morgan fingerprint density at radius 1 is 1.08 bits per heavy atom. The van der Waals surface area contributed by atoms with Crippen LogP contribution in [0.25, 0.3) is 11.3 Å². The van der Waals surface area contributed by atoms with Crippen LogP contribution in [-0.4, -0.2) is 52.0 Å². The van der Waals surface area contributed by atoms with Gasteiger partial charge in [0.2, 0.25) is 0 Å². The summed E-state index contributed by atoms with van der Waals surface area (Å²) in [6.45, 7) is 7.49. The molecule has 196 valence electrons. The van der Waals surface area contributed by atoms with Gasteiger partial charge in [-0.2, -0.15) is 0 Å². The molecular weight excluding hydrogens is 512 g/mol. The fourth-order valence-electron chi connectivity index (χ4n) is 5.34. The molecule has 0 aliphatic carbocycles. The highest BCUT2D eigenvalue weighted by Crippen LogP contribution is 2.36. The van der Waals surface area contributed by atoms with Crippen LogP contribution in [0.3, 0.4) is 0 Å². The summed E-state index contributed by atoms with van der Waals surface area (Å²) in [5.74, 6) is -0.290. The highest BCUT2D eigenvalue weighted by atomic mass is 35.5. The number of halogens is 3. The first kappa shape index (κ1) is 26.2. The molecule has 2 N–H and O–H groups in total. The number of nitrogens with two attached hydrogens (primary N) is 1. The van der Waals surface area contributed by atoms with Gasteiger partial charge in [0.1, 0.15) is 11.9 Å². The lowest BCUT2D eigenvalue weighted by atomic mass is 10.1. The average Bonchev–Trinajstić information content (AvgIpc) is 3.56. The molecule has 6 nitrogen and oxygen atoms in total. The summed E-state index contributed by atoms with van der Waals surface area (Å²) in [6.07, 6.45) is 6.16. The maximum absolute atomic E-state index is 14.0. The Bertz CT molecular complexity index is 1240. The summed E-state index contributed by atoms with van der Waals surface area (Å²) in [7, 11) is 0. The van der Waals surface area contributed by atoms with Crippen LogP contribution in [0.15, 0.2) is 42.6 Å². The molecule has 2 atom stereocenters. The van der Waals surface area contributed by atoms with Gasteiger partial charge in [0.25, 0.3) is 5.88 Å². The topological polar surface area (TPSA) is 67.5 Å². The van der Waals surface area contributed by atoms with Crippen molar-refractivity contribution < 1.29 is 9.13 Å². The molecule has 3 aromatic rings. The number of rotatable bonds is 8. The molecule has 0 bridgehead atoms. The number of nitrogens with zero attached hydrogens (tertiary/aromatic N) is 4. The van der Waals surface area contributed by atoms with Crippen molar-refractivity contribution in [3.8, 4) is 17.1 Å². The van der Waals surface area contributed by atoms with E-state index >= 15 is 0 Å². The van der Waals surface area contributed by atoms with Crippen LogP contribution in [0, 0.1) is 5.82 Å². The van der Waals surface area contributed by atoms with Crippen molar-refractivity contribution in [1.82, 2.24) is 19.8 Å². The third-order valence-corrected chi connectivity index (χ3v) is 8.06. The standard InChI is InChI=1S/C28H32Cl2FN5O/c1-18(25-22(29)10-11-23(31)26(25)30)37-28-27(32)33-15-24(34-28)20-8-6-19(7-9-20)16-36-14-4-5-21(36)17-35-12-2-3-13-35/h6-11,15,18,21H,2-5,12-14,16-17H2,1H3,(H2,32,33)/t18?,21-/m0/s1. The second kappa shape index (κ2) is 11.5. The number of hydrogen-bond acceptors (Lipinski definition) is 6. The molecule has 2 aromatic carbocycles. The minimum absolute atomic E-state index is 0.0843. The summed E-state index contributed by atoms with van der Waals surface area (Å²) >= 11 is 12.4. The van der Waals surface area contributed by atoms with E-state index < -0.39 is 11.9 Å². The largest absolute Gasteiger partial charge is 0.467 e. The van der Waals surface area contributed by atoms with Gasteiger partial charge in [0.15, 0.2) is 5.82 Å². The summed E-state index contributed by atoms with van der Waals surface area (Å²) in [5.41, 5.74) is 9.19. The van der Waals surface area contributed by atoms with E-state index in [1.165, 1.54) is 63.0 Å². The Kier molecular flexibility index (Phi) is 8.15. The van der Waals surface area contributed by atoms with Gasteiger partial charge in [-0.15, -0.1) is 0 Å². The summed E-state index contributed by atoms with van der Waals surface area (Å²) < 4.78 is 19.9. The minimum Gasteiger partial charge on any atom is -0.467 e. The Balaban J connectivity index is 1.27. The smallest absolute Gasteiger partial charge is 0.258 e. The fourth-order valence-corrected chi connectivity index (χ4v) is 6.02. The van der Waals surface area contributed by atoms with Gasteiger partial charge in [0.05, 0.1) is 16.9 Å². The van der Waals surface area contributed by atoms with Crippen LogP contribution in [0.1, 0.15) is 49.8 Å². The zero-order valence-corrected chi connectivity index (χ0v) is 22.5. The number of aromatic nitrogens is 2. The lowest BCUT2D eigenvalue weighted by molar-refractivity contribution is 0.185. The van der Waals surface area contributed by atoms with E-state index in [0.717, 1.165) is 18.7 Å². The fraction of sp³-hybridized carbons (Fsp3) is 0.429. The normalized spacial score (nSPS) is 19.4. The summed E-state index contributed by atoms with van der Waals surface area (Å²) in [4.78, 5) is 14.1. The average molecular weight is 545 g/mol. The van der Waals surface area contributed by atoms with Crippen molar-refractivity contribution in [2.24, 2.45) is 0 Å². The molecule has 0 saturated carbocycles. The van der Waals surface area contributed by atoms with Crippen LogP contribution in [0.4, 0.5) is 10.2 Å². The maximum atomic E-state index is 14.0. The monoisotopic (exact) mass is 543 g/mol. The Morgan fingerprint density at radius 2 is 1.84 bits per heavy atom. The predicted molar refractivity (Wildman–Crippen MR) is 146 cm³/mol. The molecule has 1 aromatic heterocycles. The molecule has 9 heteroatoms. The molecule has 3 heterocycles. The van der Waals surface area contributed by atoms with Crippen LogP contribution in [-0.2, 0) is 6.54 Å². The number of anilines is 1. The van der Waals surface area contributed by atoms with E-state index in [1.807, 2.05) is 0 Å². The third-order valence-electron chi connectivity index (χ3n) is 7.34. The first-order valence-electron chi connectivity index (χ1n) is 12.9. The van der Waals surface area contributed by atoms with Crippen LogP contribution in [0.5, 0.6) is 5.88 Å². The first-order chi connectivity index (χ1) is 17.9. The Morgan fingerprint density at radius 3 is 2.59 bits per heavy atom. The van der Waals surface area contributed by atoms with Gasteiger partial charge < -0.3 is 15.4 Å². The van der Waals surface area contributed by atoms with Crippen molar-refractivity contribution in [2.45, 2.75) is 51.3 Å². The van der Waals surface area contributed by atoms with Gasteiger partial charge >= 0.3 is 0 Å². The van der Waals surface area contributed by atoms with Crippen molar-refractivity contribution in [2.75, 3.05) is 31.9 Å². The molecule has 0 radical (unpaired) electrons. The van der Waals surface area contributed by atoms with Crippen LogP contribution < -0.4 is 10.5 Å². The van der Waals surface area contributed by atoms with Crippen molar-refractivity contribution >= 4 is 29.0 Å². The van der Waals surface area contributed by atoms with Gasteiger partial charge in [-0.1, -0.05) is 47.5 Å². The zero-order chi connectivity index (χ0) is 25.9. The first-order valence-corrected chi connectivity index (χ1v) is 13.6. The van der Waals surface area contributed by atoms with E-state index in [0.29, 0.717) is 22.3 Å². The molecule has 2 saturated heterocycles. The predicted octanol–water partition coefficient (Wildman–Crippen LogP) is 6.37. The quantitative estimate of drug-likeness (QED) is 0.333. The van der Waals surface area contributed by atoms with Crippen LogP contribution >= 0.6 is 23.2 Å². The number of nitrogen functional groups attached to an aromatic ring is 1. The Labute approximate surface area is 227 Å². The third kappa shape index (κ3) is 6.01. The highest BCUT2D eigenvalue weighted by molar-refractivity contribution is 6.36. The van der Waals surface area contributed by atoms with E-state index in [-0.39, 0.29) is 16.7 Å². The van der Waals surface area contributed by atoms with Crippen LogP contribution in [0.2, 0.25) is 10.0 Å². The number of benzene rings is 2. The van der Waals surface area contributed by atoms with Crippen molar-refractivity contribution in [3.05, 3.63) is 69.6 Å². The van der Waals surface area contributed by atoms with Gasteiger partial charge in [0, 0.05) is 35.3 Å². The Hall–Kier alpha value is -2.45. The van der Waals surface area contributed by atoms with E-state index in [2.05, 4.69) is 44.0 Å². The number of likely N-dealkylation sites (tertiary alicyclic amines) is 2. The summed E-state index contributed by atoms with van der Waals surface area (Å²) in [6, 6.07) is 11.7. The van der Waals surface area contributed by atoms with Gasteiger partial charge in [-0.25, -0.2) is 14.4 Å². The molecule has 1 unspecified atom stereocenters. The molecule has 2 aliphatic heterocycles. The van der Waals surface area contributed by atoms with Crippen molar-refractivity contribution in [3.63, 3.8) is 0 Å². The lowest BCUT2D eigenvalue weighted by Crippen LogP contribution is -2.38. The molecule has 2 aliphatic rings. The maximum Gasteiger partial charge on any atom is 0.258 e. The van der Waals surface area contributed by atoms with Crippen molar-refractivity contribution in [1.29, 1.82) is 0 Å². The minimum atomic E-state index is -0.682. The molecule has 37 heavy (non-hydrogen) atoms. The van der Waals surface area contributed by atoms with E-state index in [9.17, 15) is 4.39 Å². The van der Waals surface area contributed by atoms with Gasteiger partial charge in [-0.3, -0.25) is 4.90 Å². The lowest BCUT2D eigenvalue weighted by Gasteiger charge is -2.28. The molecular formula is C28H32Cl2FN5O. The van der Waals surface area contributed by atoms with E-state index in [1.54, 1.807) is 13.1 Å². The molecule has 2 fully saturated rings. The SMILES string of the molecule is CC(Oc1nc(-c2ccc(CN3CCC[C@H]3CN3CCCC3)cc2)cnc1N)c1c(Cl)ccc(F)c1Cl.